The quantitative estimate of drug-likeness (QED) is 0.168. The van der Waals surface area contributed by atoms with Gasteiger partial charge in [0.25, 0.3) is 0 Å². The summed E-state index contributed by atoms with van der Waals surface area (Å²) < 4.78 is 12.9. The molecule has 252 valence electrons. The van der Waals surface area contributed by atoms with Crippen molar-refractivity contribution < 1.29 is 8.83 Å². The van der Waals surface area contributed by atoms with Crippen molar-refractivity contribution in [3.8, 4) is 55.8 Å². The predicted octanol–water partition coefficient (Wildman–Crippen LogP) is 15.0. The summed E-state index contributed by atoms with van der Waals surface area (Å²) in [6, 6.07) is 69.2. The lowest BCUT2D eigenvalue weighted by Crippen LogP contribution is -1.91. The fourth-order valence-electron chi connectivity index (χ4n) is 8.40. The van der Waals surface area contributed by atoms with Gasteiger partial charge in [-0.2, -0.15) is 0 Å². The second-order valence-corrected chi connectivity index (χ2v) is 14.0. The van der Waals surface area contributed by atoms with Crippen LogP contribution in [-0.4, -0.2) is 0 Å². The zero-order chi connectivity index (χ0) is 35.6. The summed E-state index contributed by atoms with van der Waals surface area (Å²) in [5.74, 6) is 0.872. The Balaban J connectivity index is 1.08. The Morgan fingerprint density at radius 1 is 0.278 bits per heavy atom. The van der Waals surface area contributed by atoms with E-state index in [4.69, 9.17) is 8.83 Å². The summed E-state index contributed by atoms with van der Waals surface area (Å²) in [6.45, 7) is 0. The SMILES string of the molecule is c1ccc(-c2cccc(-c3c4ccccc4c(-c4cccc5oc6cc(-c7ccc8oc(-c9ccccc9)cc8c7)ccc6c45)c4ccccc34)c2)cc1. The minimum absolute atomic E-state index is 0.871. The van der Waals surface area contributed by atoms with E-state index in [2.05, 4.69) is 176 Å². The third-order valence-electron chi connectivity index (χ3n) is 10.9. The van der Waals surface area contributed by atoms with Crippen LogP contribution in [0.1, 0.15) is 0 Å². The van der Waals surface area contributed by atoms with E-state index in [0.717, 1.165) is 55.4 Å². The zero-order valence-electron chi connectivity index (χ0n) is 29.3. The van der Waals surface area contributed by atoms with Gasteiger partial charge < -0.3 is 8.83 Å². The normalized spacial score (nSPS) is 11.7. The lowest BCUT2D eigenvalue weighted by molar-refractivity contribution is 0.631. The third kappa shape index (κ3) is 4.88. The first kappa shape index (κ1) is 30.5. The molecule has 0 amide bonds. The molecule has 0 unspecified atom stereocenters. The van der Waals surface area contributed by atoms with Crippen molar-refractivity contribution in [3.05, 3.63) is 194 Å². The molecule has 2 heteroatoms. The highest BCUT2D eigenvalue weighted by Crippen LogP contribution is 2.47. The van der Waals surface area contributed by atoms with Crippen LogP contribution in [0.15, 0.2) is 203 Å². The van der Waals surface area contributed by atoms with Gasteiger partial charge in [0.15, 0.2) is 0 Å². The van der Waals surface area contributed by atoms with Crippen LogP contribution < -0.4 is 0 Å². The van der Waals surface area contributed by atoms with Gasteiger partial charge in [0.2, 0.25) is 0 Å². The first-order valence-electron chi connectivity index (χ1n) is 18.4. The molecular formula is C52H32O2. The highest BCUT2D eigenvalue weighted by Gasteiger charge is 2.21. The molecule has 0 saturated carbocycles. The molecule has 54 heavy (non-hydrogen) atoms. The van der Waals surface area contributed by atoms with Gasteiger partial charge in [0, 0.05) is 21.7 Å². The fraction of sp³-hybridized carbons (Fsp3) is 0. The van der Waals surface area contributed by atoms with E-state index in [1.165, 1.54) is 54.9 Å². The zero-order valence-corrected chi connectivity index (χ0v) is 29.3. The molecular weight excluding hydrogens is 657 g/mol. The van der Waals surface area contributed by atoms with E-state index in [0.29, 0.717) is 0 Å². The molecule has 0 N–H and O–H groups in total. The van der Waals surface area contributed by atoms with Crippen LogP contribution in [0.4, 0.5) is 0 Å². The van der Waals surface area contributed by atoms with E-state index >= 15 is 0 Å². The van der Waals surface area contributed by atoms with Gasteiger partial charge in [-0.25, -0.2) is 0 Å². The molecule has 0 fully saturated rings. The number of furan rings is 2. The van der Waals surface area contributed by atoms with Crippen molar-refractivity contribution in [1.29, 1.82) is 0 Å². The Bertz CT molecular complexity index is 3140. The molecule has 0 aliphatic carbocycles. The van der Waals surface area contributed by atoms with Crippen LogP contribution in [0.3, 0.4) is 0 Å². The smallest absolute Gasteiger partial charge is 0.136 e. The van der Waals surface area contributed by atoms with Gasteiger partial charge in [-0.15, -0.1) is 0 Å². The topological polar surface area (TPSA) is 26.3 Å². The van der Waals surface area contributed by atoms with Gasteiger partial charge in [-0.3, -0.25) is 0 Å². The van der Waals surface area contributed by atoms with Crippen molar-refractivity contribution in [1.82, 2.24) is 0 Å². The van der Waals surface area contributed by atoms with Gasteiger partial charge >= 0.3 is 0 Å². The van der Waals surface area contributed by atoms with E-state index in [1.807, 2.05) is 18.2 Å². The molecule has 0 bridgehead atoms. The van der Waals surface area contributed by atoms with Crippen molar-refractivity contribution in [2.24, 2.45) is 0 Å². The summed E-state index contributed by atoms with van der Waals surface area (Å²) in [7, 11) is 0. The molecule has 0 atom stereocenters. The first-order valence-corrected chi connectivity index (χ1v) is 18.4. The van der Waals surface area contributed by atoms with Crippen molar-refractivity contribution in [2.75, 3.05) is 0 Å². The van der Waals surface area contributed by atoms with Gasteiger partial charge in [0.1, 0.15) is 22.5 Å². The van der Waals surface area contributed by atoms with Crippen LogP contribution in [0.25, 0.3) is 110 Å². The van der Waals surface area contributed by atoms with Gasteiger partial charge in [-0.1, -0.05) is 152 Å². The lowest BCUT2D eigenvalue weighted by Gasteiger charge is -2.18. The summed E-state index contributed by atoms with van der Waals surface area (Å²) in [4.78, 5) is 0. The van der Waals surface area contributed by atoms with Crippen LogP contribution >= 0.6 is 0 Å². The number of rotatable bonds is 5. The van der Waals surface area contributed by atoms with Crippen molar-refractivity contribution >= 4 is 54.5 Å². The molecule has 11 rings (SSSR count). The summed E-state index contributed by atoms with van der Waals surface area (Å²) in [6.07, 6.45) is 0. The molecule has 0 spiro atoms. The maximum Gasteiger partial charge on any atom is 0.136 e. The number of hydrogen-bond donors (Lipinski definition) is 0. The van der Waals surface area contributed by atoms with Crippen LogP contribution in [0.5, 0.6) is 0 Å². The van der Waals surface area contributed by atoms with E-state index in [-0.39, 0.29) is 0 Å². The minimum Gasteiger partial charge on any atom is -0.456 e. The molecule has 2 nitrogen and oxygen atoms in total. The number of fused-ring (bicyclic) bond motifs is 6. The highest BCUT2D eigenvalue weighted by atomic mass is 16.3. The summed E-state index contributed by atoms with van der Waals surface area (Å²) >= 11 is 0. The third-order valence-corrected chi connectivity index (χ3v) is 10.9. The molecule has 2 aromatic heterocycles. The predicted molar refractivity (Wildman–Crippen MR) is 226 cm³/mol. The Morgan fingerprint density at radius 2 is 0.852 bits per heavy atom. The van der Waals surface area contributed by atoms with Crippen LogP contribution in [0, 0.1) is 0 Å². The van der Waals surface area contributed by atoms with Gasteiger partial charge in [0.05, 0.1) is 0 Å². The molecule has 0 saturated heterocycles. The molecule has 2 heterocycles. The molecule has 0 aliphatic heterocycles. The molecule has 0 radical (unpaired) electrons. The maximum absolute atomic E-state index is 6.68. The van der Waals surface area contributed by atoms with E-state index in [1.54, 1.807) is 0 Å². The lowest BCUT2D eigenvalue weighted by atomic mass is 9.84. The molecule has 11 aromatic rings. The fourth-order valence-corrected chi connectivity index (χ4v) is 8.40. The second kappa shape index (κ2) is 12.2. The second-order valence-electron chi connectivity index (χ2n) is 14.0. The number of benzene rings is 9. The largest absolute Gasteiger partial charge is 0.456 e. The molecule has 0 aliphatic rings. The Morgan fingerprint density at radius 3 is 1.59 bits per heavy atom. The number of hydrogen-bond acceptors (Lipinski definition) is 2. The summed E-state index contributed by atoms with van der Waals surface area (Å²) in [5.41, 5.74) is 13.2. The standard InChI is InChI=1S/C52H32O2/c1-3-13-33(14-4-1)35-17-11-18-38(29-35)50-40-19-7-9-21-42(40)51(43-22-10-8-20-41(43)50)45-23-12-24-47-52(45)44-27-25-37(31-49(44)54-47)36-26-28-46-39(30-36)32-48(53-46)34-15-5-2-6-16-34/h1-32H. The first-order chi connectivity index (χ1) is 26.8. The maximum atomic E-state index is 6.68. The minimum atomic E-state index is 0.871. The summed E-state index contributed by atoms with van der Waals surface area (Å²) in [5, 5.41) is 8.21. The molecule has 9 aromatic carbocycles. The van der Waals surface area contributed by atoms with Crippen LogP contribution in [-0.2, 0) is 0 Å². The monoisotopic (exact) mass is 688 g/mol. The average Bonchev–Trinajstić information content (AvgIpc) is 3.85. The Labute approximate surface area is 312 Å². The average molecular weight is 689 g/mol. The van der Waals surface area contributed by atoms with Gasteiger partial charge in [-0.05, 0) is 109 Å². The van der Waals surface area contributed by atoms with Crippen molar-refractivity contribution in [3.63, 3.8) is 0 Å². The van der Waals surface area contributed by atoms with E-state index < -0.39 is 0 Å². The highest BCUT2D eigenvalue weighted by molar-refractivity contribution is 6.25. The Kier molecular flexibility index (Phi) is 6.90. The van der Waals surface area contributed by atoms with Crippen molar-refractivity contribution in [2.45, 2.75) is 0 Å². The Hall–Kier alpha value is -7.16. The van der Waals surface area contributed by atoms with E-state index in [9.17, 15) is 0 Å². The van der Waals surface area contributed by atoms with Crippen LogP contribution in [0.2, 0.25) is 0 Å².